The lowest BCUT2D eigenvalue weighted by molar-refractivity contribution is 0.0847. The predicted molar refractivity (Wildman–Crippen MR) is 67.0 cm³/mol. The van der Waals surface area contributed by atoms with Gasteiger partial charge in [-0.1, -0.05) is 25.5 Å². The van der Waals surface area contributed by atoms with Gasteiger partial charge in [-0.25, -0.2) is 0 Å². The number of aromatic hydroxyl groups is 1. The molecule has 92 valence electrons. The topological polar surface area (TPSA) is 49.3 Å². The maximum absolute atomic E-state index is 11.9. The Balaban J connectivity index is 1.96. The molecule has 0 spiro atoms. The van der Waals surface area contributed by atoms with E-state index < -0.39 is 0 Å². The summed E-state index contributed by atoms with van der Waals surface area (Å²) in [6, 6.07) is 6.65. The number of phenols is 1. The first-order valence-electron chi connectivity index (χ1n) is 6.23. The molecule has 0 aliphatic heterocycles. The van der Waals surface area contributed by atoms with Gasteiger partial charge >= 0.3 is 0 Å². The van der Waals surface area contributed by atoms with E-state index >= 15 is 0 Å². The van der Waals surface area contributed by atoms with E-state index in [-0.39, 0.29) is 11.7 Å². The van der Waals surface area contributed by atoms with E-state index in [1.54, 1.807) is 18.2 Å². The summed E-state index contributed by atoms with van der Waals surface area (Å²) >= 11 is 0. The predicted octanol–water partition coefficient (Wildman–Crippen LogP) is 2.70. The second kappa shape index (κ2) is 4.78. The highest BCUT2D eigenvalue weighted by atomic mass is 16.3. The van der Waals surface area contributed by atoms with Gasteiger partial charge in [0.15, 0.2) is 0 Å². The van der Waals surface area contributed by atoms with Gasteiger partial charge in [-0.05, 0) is 36.8 Å². The van der Waals surface area contributed by atoms with Gasteiger partial charge in [0.25, 0.3) is 5.91 Å². The van der Waals surface area contributed by atoms with E-state index in [1.807, 2.05) is 0 Å². The third-order valence-electron chi connectivity index (χ3n) is 3.94. The van der Waals surface area contributed by atoms with Gasteiger partial charge in [0.2, 0.25) is 0 Å². The number of hydrogen-bond acceptors (Lipinski definition) is 2. The van der Waals surface area contributed by atoms with Crippen molar-refractivity contribution in [3.8, 4) is 5.75 Å². The number of carbonyl (C=O) groups is 1. The molecule has 1 aliphatic carbocycles. The molecule has 1 amide bonds. The summed E-state index contributed by atoms with van der Waals surface area (Å²) in [6.07, 6.45) is 4.77. The lowest BCUT2D eigenvalue weighted by atomic mass is 9.67. The second-order valence-corrected chi connectivity index (χ2v) is 4.91. The van der Waals surface area contributed by atoms with Crippen LogP contribution in [0.15, 0.2) is 24.3 Å². The number of phenolic OH excluding ortho intramolecular Hbond substituents is 1. The zero-order valence-electron chi connectivity index (χ0n) is 10.2. The molecule has 1 aromatic carbocycles. The Morgan fingerprint density at radius 2 is 2.12 bits per heavy atom. The number of amides is 1. The Bertz CT molecular complexity index is 405. The van der Waals surface area contributed by atoms with E-state index in [2.05, 4.69) is 12.2 Å². The third-order valence-corrected chi connectivity index (χ3v) is 3.94. The monoisotopic (exact) mass is 233 g/mol. The molecule has 17 heavy (non-hydrogen) atoms. The fourth-order valence-corrected chi connectivity index (χ4v) is 2.36. The van der Waals surface area contributed by atoms with Gasteiger partial charge in [0, 0.05) is 6.54 Å². The average molecular weight is 233 g/mol. The van der Waals surface area contributed by atoms with E-state index in [4.69, 9.17) is 0 Å². The first kappa shape index (κ1) is 12.0. The number of para-hydroxylation sites is 1. The highest BCUT2D eigenvalue weighted by molar-refractivity contribution is 5.96. The van der Waals surface area contributed by atoms with E-state index in [0.29, 0.717) is 11.0 Å². The van der Waals surface area contributed by atoms with Crippen LogP contribution in [0.1, 0.15) is 43.0 Å². The van der Waals surface area contributed by atoms with Gasteiger partial charge in [-0.15, -0.1) is 0 Å². The molecule has 0 unspecified atom stereocenters. The van der Waals surface area contributed by atoms with Crippen LogP contribution >= 0.6 is 0 Å². The summed E-state index contributed by atoms with van der Waals surface area (Å²) in [5.41, 5.74) is 0.665. The molecule has 3 nitrogen and oxygen atoms in total. The van der Waals surface area contributed by atoms with Crippen LogP contribution in [0.2, 0.25) is 0 Å². The van der Waals surface area contributed by atoms with Crippen molar-refractivity contribution in [1.82, 2.24) is 5.32 Å². The zero-order chi connectivity index (χ0) is 12.3. The number of benzene rings is 1. The number of carbonyl (C=O) groups excluding carboxylic acids is 1. The first-order valence-corrected chi connectivity index (χ1v) is 6.23. The van der Waals surface area contributed by atoms with Crippen molar-refractivity contribution in [2.75, 3.05) is 6.54 Å². The molecular weight excluding hydrogens is 214 g/mol. The van der Waals surface area contributed by atoms with Crippen molar-refractivity contribution in [3.63, 3.8) is 0 Å². The molecule has 0 heterocycles. The number of hydrogen-bond donors (Lipinski definition) is 2. The molecule has 1 aromatic rings. The molecule has 2 rings (SSSR count). The minimum absolute atomic E-state index is 0.0455. The Labute approximate surface area is 102 Å². The molecule has 0 aromatic heterocycles. The van der Waals surface area contributed by atoms with Gasteiger partial charge in [0.1, 0.15) is 5.75 Å². The molecular formula is C14H19NO2. The average Bonchev–Trinajstić information content (AvgIpc) is 2.28. The third kappa shape index (κ3) is 2.43. The summed E-state index contributed by atoms with van der Waals surface area (Å²) in [7, 11) is 0. The van der Waals surface area contributed by atoms with Crippen molar-refractivity contribution >= 4 is 5.91 Å². The smallest absolute Gasteiger partial charge is 0.255 e. The molecule has 3 heteroatoms. The largest absolute Gasteiger partial charge is 0.507 e. The molecule has 0 radical (unpaired) electrons. The van der Waals surface area contributed by atoms with Crippen molar-refractivity contribution in [3.05, 3.63) is 29.8 Å². The molecule has 0 bridgehead atoms. The minimum Gasteiger partial charge on any atom is -0.507 e. The van der Waals surface area contributed by atoms with Gasteiger partial charge in [0.05, 0.1) is 5.56 Å². The Hall–Kier alpha value is -1.51. The zero-order valence-corrected chi connectivity index (χ0v) is 10.2. The fourth-order valence-electron chi connectivity index (χ4n) is 2.36. The Kier molecular flexibility index (Phi) is 3.36. The summed E-state index contributed by atoms with van der Waals surface area (Å²) in [4.78, 5) is 11.9. The van der Waals surface area contributed by atoms with Crippen LogP contribution in [-0.4, -0.2) is 17.6 Å². The summed E-state index contributed by atoms with van der Waals surface area (Å²) in [5, 5.41) is 12.5. The standard InChI is InChI=1S/C14H19NO2/c1-2-14(8-5-9-14)10-15-13(17)11-6-3-4-7-12(11)16/h3-4,6-7,16H,2,5,8-10H2,1H3,(H,15,17). The van der Waals surface area contributed by atoms with Crippen molar-refractivity contribution in [1.29, 1.82) is 0 Å². The van der Waals surface area contributed by atoms with Crippen LogP contribution in [0.5, 0.6) is 5.75 Å². The first-order chi connectivity index (χ1) is 8.17. The Morgan fingerprint density at radius 1 is 1.41 bits per heavy atom. The minimum atomic E-state index is -0.178. The molecule has 2 N–H and O–H groups in total. The highest BCUT2D eigenvalue weighted by Gasteiger charge is 2.35. The van der Waals surface area contributed by atoms with Gasteiger partial charge in [-0.3, -0.25) is 4.79 Å². The fraction of sp³-hybridized carbons (Fsp3) is 0.500. The maximum Gasteiger partial charge on any atom is 0.255 e. The lowest BCUT2D eigenvalue weighted by Gasteiger charge is -2.41. The van der Waals surface area contributed by atoms with Crippen LogP contribution < -0.4 is 5.32 Å². The van der Waals surface area contributed by atoms with Gasteiger partial charge in [-0.2, -0.15) is 0 Å². The molecule has 1 aliphatic rings. The van der Waals surface area contributed by atoms with Crippen LogP contribution in [-0.2, 0) is 0 Å². The van der Waals surface area contributed by atoms with E-state index in [1.165, 1.54) is 25.3 Å². The molecule has 0 saturated heterocycles. The summed E-state index contributed by atoms with van der Waals surface area (Å²) < 4.78 is 0. The molecule has 1 fully saturated rings. The van der Waals surface area contributed by atoms with Crippen LogP contribution in [0.4, 0.5) is 0 Å². The highest BCUT2D eigenvalue weighted by Crippen LogP contribution is 2.43. The second-order valence-electron chi connectivity index (χ2n) is 4.91. The van der Waals surface area contributed by atoms with Crippen molar-refractivity contribution in [2.24, 2.45) is 5.41 Å². The number of rotatable bonds is 4. The van der Waals surface area contributed by atoms with Crippen molar-refractivity contribution in [2.45, 2.75) is 32.6 Å². The van der Waals surface area contributed by atoms with Crippen LogP contribution in [0, 0.1) is 5.41 Å². The molecule has 0 atom stereocenters. The Morgan fingerprint density at radius 3 is 2.65 bits per heavy atom. The van der Waals surface area contributed by atoms with E-state index in [0.717, 1.165) is 13.0 Å². The lowest BCUT2D eigenvalue weighted by Crippen LogP contribution is -2.41. The van der Waals surface area contributed by atoms with E-state index in [9.17, 15) is 9.90 Å². The SMILES string of the molecule is CCC1(CNC(=O)c2ccccc2O)CCC1. The van der Waals surface area contributed by atoms with Crippen LogP contribution in [0.25, 0.3) is 0 Å². The summed E-state index contributed by atoms with van der Waals surface area (Å²) in [6.45, 7) is 2.89. The maximum atomic E-state index is 11.9. The number of nitrogens with one attached hydrogen (secondary N) is 1. The quantitative estimate of drug-likeness (QED) is 0.840. The normalized spacial score (nSPS) is 17.2. The van der Waals surface area contributed by atoms with Crippen molar-refractivity contribution < 1.29 is 9.90 Å². The molecule has 1 saturated carbocycles. The van der Waals surface area contributed by atoms with Gasteiger partial charge < -0.3 is 10.4 Å². The van der Waals surface area contributed by atoms with Crippen LogP contribution in [0.3, 0.4) is 0 Å². The summed E-state index contributed by atoms with van der Waals surface area (Å²) in [5.74, 6) is -0.132.